The Kier molecular flexibility index (Phi) is 4.99. The maximum absolute atomic E-state index is 12.6. The molecule has 1 unspecified atom stereocenters. The number of aryl methyl sites for hydroxylation is 2. The lowest BCUT2D eigenvalue weighted by atomic mass is 10.1. The summed E-state index contributed by atoms with van der Waals surface area (Å²) >= 11 is 1.48. The molecule has 3 rings (SSSR count). The van der Waals surface area contributed by atoms with Gasteiger partial charge in [-0.15, -0.1) is 11.3 Å². The Labute approximate surface area is 145 Å². The van der Waals surface area contributed by atoms with Gasteiger partial charge in [0.25, 0.3) is 5.91 Å². The van der Waals surface area contributed by atoms with Crippen LogP contribution in [0, 0.1) is 0 Å². The molecule has 128 valence electrons. The van der Waals surface area contributed by atoms with Crippen molar-refractivity contribution < 1.29 is 9.59 Å². The van der Waals surface area contributed by atoms with E-state index in [1.165, 1.54) is 11.3 Å². The highest BCUT2D eigenvalue weighted by Gasteiger charge is 2.31. The van der Waals surface area contributed by atoms with Crippen molar-refractivity contribution in [3.05, 3.63) is 39.8 Å². The number of aromatic nitrogens is 2. The van der Waals surface area contributed by atoms with E-state index in [4.69, 9.17) is 0 Å². The topological polar surface area (TPSA) is 67.2 Å². The number of nitrogens with zero attached hydrogens (tertiary/aromatic N) is 3. The number of carbonyl (C=O) groups is 2. The SMILES string of the molecule is CNC(=O)c1ccc(C2CCCN2C(=O)CCc2cnn(C)c2)s1. The summed E-state index contributed by atoms with van der Waals surface area (Å²) in [5.41, 5.74) is 1.08. The number of nitrogens with one attached hydrogen (secondary N) is 1. The standard InChI is InChI=1S/C17H22N4O2S/c1-18-17(23)15-7-6-14(24-15)13-4-3-9-21(13)16(22)8-5-12-10-19-20(2)11-12/h6-7,10-11,13H,3-5,8-9H2,1-2H3,(H,18,23). The molecule has 0 saturated carbocycles. The number of carbonyl (C=O) groups excluding carboxylic acids is 2. The molecule has 0 spiro atoms. The Bertz CT molecular complexity index is 737. The van der Waals surface area contributed by atoms with Crippen molar-refractivity contribution >= 4 is 23.2 Å². The van der Waals surface area contributed by atoms with Gasteiger partial charge in [-0.05, 0) is 37.0 Å². The molecule has 7 heteroatoms. The van der Waals surface area contributed by atoms with Crippen LogP contribution in [0.5, 0.6) is 0 Å². The average Bonchev–Trinajstić information content (AvgIpc) is 3.31. The summed E-state index contributed by atoms with van der Waals surface area (Å²) in [5.74, 6) is 0.106. The molecule has 0 aliphatic carbocycles. The minimum absolute atomic E-state index is 0.0706. The molecule has 3 heterocycles. The van der Waals surface area contributed by atoms with E-state index in [-0.39, 0.29) is 17.9 Å². The average molecular weight is 346 g/mol. The zero-order valence-corrected chi connectivity index (χ0v) is 14.8. The van der Waals surface area contributed by atoms with E-state index in [0.717, 1.165) is 29.8 Å². The molecule has 1 aliphatic heterocycles. The third-order valence-electron chi connectivity index (χ3n) is 4.37. The van der Waals surface area contributed by atoms with Crippen LogP contribution in [0.25, 0.3) is 0 Å². The van der Waals surface area contributed by atoms with Crippen LogP contribution >= 0.6 is 11.3 Å². The summed E-state index contributed by atoms with van der Waals surface area (Å²) in [6.45, 7) is 0.795. The third kappa shape index (κ3) is 3.51. The van der Waals surface area contributed by atoms with Gasteiger partial charge < -0.3 is 10.2 Å². The Morgan fingerprint density at radius 2 is 2.25 bits per heavy atom. The van der Waals surface area contributed by atoms with Gasteiger partial charge in [0, 0.05) is 38.1 Å². The quantitative estimate of drug-likeness (QED) is 0.902. The molecular formula is C17H22N4O2S. The maximum atomic E-state index is 12.6. The van der Waals surface area contributed by atoms with Crippen LogP contribution in [0.15, 0.2) is 24.5 Å². The second-order valence-corrected chi connectivity index (χ2v) is 7.16. The molecule has 6 nitrogen and oxygen atoms in total. The van der Waals surface area contributed by atoms with Gasteiger partial charge in [-0.3, -0.25) is 14.3 Å². The van der Waals surface area contributed by atoms with E-state index in [1.54, 1.807) is 11.7 Å². The summed E-state index contributed by atoms with van der Waals surface area (Å²) in [6.07, 6.45) is 6.94. The zero-order chi connectivity index (χ0) is 17.1. The summed E-state index contributed by atoms with van der Waals surface area (Å²) in [5, 5.41) is 6.78. The molecule has 0 aromatic carbocycles. The second-order valence-electron chi connectivity index (χ2n) is 6.05. The first-order chi connectivity index (χ1) is 11.6. The highest BCUT2D eigenvalue weighted by atomic mass is 32.1. The second kappa shape index (κ2) is 7.17. The number of hydrogen-bond acceptors (Lipinski definition) is 4. The maximum Gasteiger partial charge on any atom is 0.261 e. The fraction of sp³-hybridized carbons (Fsp3) is 0.471. The molecule has 1 saturated heterocycles. The van der Waals surface area contributed by atoms with Crippen molar-refractivity contribution in [3.8, 4) is 0 Å². The highest BCUT2D eigenvalue weighted by molar-refractivity contribution is 7.14. The number of thiophene rings is 1. The fourth-order valence-corrected chi connectivity index (χ4v) is 4.24. The van der Waals surface area contributed by atoms with Crippen LogP contribution in [0.4, 0.5) is 0 Å². The lowest BCUT2D eigenvalue weighted by Gasteiger charge is -2.24. The van der Waals surface area contributed by atoms with Gasteiger partial charge in [-0.2, -0.15) is 5.10 Å². The van der Waals surface area contributed by atoms with Crippen LogP contribution < -0.4 is 5.32 Å². The van der Waals surface area contributed by atoms with Crippen molar-refractivity contribution in [2.75, 3.05) is 13.6 Å². The minimum atomic E-state index is -0.0706. The number of amides is 2. The van der Waals surface area contributed by atoms with E-state index in [2.05, 4.69) is 10.4 Å². The number of hydrogen-bond donors (Lipinski definition) is 1. The van der Waals surface area contributed by atoms with Crippen molar-refractivity contribution in [1.82, 2.24) is 20.0 Å². The van der Waals surface area contributed by atoms with Gasteiger partial charge in [-0.1, -0.05) is 0 Å². The minimum Gasteiger partial charge on any atom is -0.354 e. The van der Waals surface area contributed by atoms with Crippen LogP contribution in [0.3, 0.4) is 0 Å². The van der Waals surface area contributed by atoms with Crippen molar-refractivity contribution in [2.24, 2.45) is 7.05 Å². The van der Waals surface area contributed by atoms with Gasteiger partial charge in [0.15, 0.2) is 0 Å². The fourth-order valence-electron chi connectivity index (χ4n) is 3.13. The Morgan fingerprint density at radius 1 is 1.42 bits per heavy atom. The molecule has 1 aliphatic rings. The lowest BCUT2D eigenvalue weighted by Crippen LogP contribution is -2.30. The first-order valence-corrected chi connectivity index (χ1v) is 8.99. The van der Waals surface area contributed by atoms with Gasteiger partial charge in [0.1, 0.15) is 0 Å². The summed E-state index contributed by atoms with van der Waals surface area (Å²) in [4.78, 5) is 28.1. The first-order valence-electron chi connectivity index (χ1n) is 8.17. The van der Waals surface area contributed by atoms with Crippen LogP contribution in [0.2, 0.25) is 0 Å². The Balaban J connectivity index is 1.65. The van der Waals surface area contributed by atoms with E-state index < -0.39 is 0 Å². The van der Waals surface area contributed by atoms with Crippen molar-refractivity contribution in [2.45, 2.75) is 31.7 Å². The largest absolute Gasteiger partial charge is 0.354 e. The van der Waals surface area contributed by atoms with Gasteiger partial charge in [-0.25, -0.2) is 0 Å². The molecule has 0 radical (unpaired) electrons. The van der Waals surface area contributed by atoms with Crippen molar-refractivity contribution in [1.29, 1.82) is 0 Å². The van der Waals surface area contributed by atoms with Crippen LogP contribution in [-0.4, -0.2) is 40.1 Å². The monoisotopic (exact) mass is 346 g/mol. The van der Waals surface area contributed by atoms with Gasteiger partial charge in [0.05, 0.1) is 17.1 Å². The van der Waals surface area contributed by atoms with Gasteiger partial charge >= 0.3 is 0 Å². The van der Waals surface area contributed by atoms with Gasteiger partial charge in [0.2, 0.25) is 5.91 Å². The van der Waals surface area contributed by atoms with Crippen LogP contribution in [-0.2, 0) is 18.3 Å². The highest BCUT2D eigenvalue weighted by Crippen LogP contribution is 2.36. The molecule has 1 fully saturated rings. The Morgan fingerprint density at radius 3 is 2.96 bits per heavy atom. The van der Waals surface area contributed by atoms with E-state index in [9.17, 15) is 9.59 Å². The van der Waals surface area contributed by atoms with E-state index in [0.29, 0.717) is 17.7 Å². The normalized spacial score (nSPS) is 17.2. The third-order valence-corrected chi connectivity index (χ3v) is 5.55. The smallest absolute Gasteiger partial charge is 0.261 e. The summed E-state index contributed by atoms with van der Waals surface area (Å²) < 4.78 is 1.75. The van der Waals surface area contributed by atoms with Crippen LogP contribution in [0.1, 0.15) is 45.4 Å². The van der Waals surface area contributed by atoms with E-state index in [1.807, 2.05) is 36.5 Å². The summed E-state index contributed by atoms with van der Waals surface area (Å²) in [7, 11) is 3.51. The number of rotatable bonds is 5. The lowest BCUT2D eigenvalue weighted by molar-refractivity contribution is -0.132. The molecule has 24 heavy (non-hydrogen) atoms. The molecule has 0 bridgehead atoms. The molecule has 2 aromatic heterocycles. The van der Waals surface area contributed by atoms with Crippen molar-refractivity contribution in [3.63, 3.8) is 0 Å². The molecule has 2 amide bonds. The summed E-state index contributed by atoms with van der Waals surface area (Å²) in [6, 6.07) is 3.93. The molecule has 1 N–H and O–H groups in total. The number of likely N-dealkylation sites (tertiary alicyclic amines) is 1. The van der Waals surface area contributed by atoms with E-state index >= 15 is 0 Å². The predicted octanol–water partition coefficient (Wildman–Crippen LogP) is 2.14. The predicted molar refractivity (Wildman–Crippen MR) is 92.9 cm³/mol. The molecule has 1 atom stereocenters. The molecule has 2 aromatic rings. The Hall–Kier alpha value is -2.15. The zero-order valence-electron chi connectivity index (χ0n) is 14.0. The molecular weight excluding hydrogens is 324 g/mol. The first kappa shape index (κ1) is 16.7.